The molecule has 158 valence electrons. The molecular formula is C25H29FN2O2. The zero-order chi connectivity index (χ0) is 20.5. The van der Waals surface area contributed by atoms with E-state index in [1.165, 1.54) is 12.8 Å². The van der Waals surface area contributed by atoms with Crippen LogP contribution in [-0.4, -0.2) is 24.0 Å². The van der Waals surface area contributed by atoms with Gasteiger partial charge in [-0.3, -0.25) is 9.69 Å². The van der Waals surface area contributed by atoms with Crippen LogP contribution in [0.4, 0.5) is 4.39 Å². The number of ether oxygens (including phenoxy) is 1. The van der Waals surface area contributed by atoms with Gasteiger partial charge in [0.15, 0.2) is 0 Å². The van der Waals surface area contributed by atoms with Crippen LogP contribution >= 0.6 is 0 Å². The van der Waals surface area contributed by atoms with E-state index in [1.54, 1.807) is 0 Å². The van der Waals surface area contributed by atoms with E-state index in [0.29, 0.717) is 25.6 Å². The van der Waals surface area contributed by atoms with Crippen molar-refractivity contribution in [2.75, 3.05) is 13.2 Å². The molecule has 1 N–H and O–H groups in total. The van der Waals surface area contributed by atoms with E-state index in [9.17, 15) is 9.18 Å². The summed E-state index contributed by atoms with van der Waals surface area (Å²) in [6, 6.07) is 14.1. The van der Waals surface area contributed by atoms with Gasteiger partial charge in [-0.2, -0.15) is 0 Å². The Morgan fingerprint density at radius 3 is 2.57 bits per heavy atom. The molecule has 5 rings (SSSR count). The Morgan fingerprint density at radius 1 is 1.07 bits per heavy atom. The maximum atomic E-state index is 14.9. The third kappa shape index (κ3) is 4.84. The second-order valence-corrected chi connectivity index (χ2v) is 9.06. The number of benzene rings is 2. The molecule has 0 bridgehead atoms. The first-order valence-electron chi connectivity index (χ1n) is 11.1. The summed E-state index contributed by atoms with van der Waals surface area (Å²) in [5.74, 6) is 1.89. The molecule has 1 heterocycles. The largest absolute Gasteiger partial charge is 0.493 e. The molecule has 1 amide bonds. The summed E-state index contributed by atoms with van der Waals surface area (Å²) < 4.78 is 20.7. The zero-order valence-corrected chi connectivity index (χ0v) is 17.3. The van der Waals surface area contributed by atoms with Crippen LogP contribution < -0.4 is 10.1 Å². The number of fused-ring (bicyclic) bond motifs is 1. The van der Waals surface area contributed by atoms with Gasteiger partial charge < -0.3 is 10.1 Å². The van der Waals surface area contributed by atoms with Gasteiger partial charge in [0.1, 0.15) is 11.9 Å². The molecule has 4 nitrogen and oxygen atoms in total. The Labute approximate surface area is 177 Å². The fourth-order valence-electron chi connectivity index (χ4n) is 4.05. The number of carbonyl (C=O) groups excluding carboxylic acids is 1. The topological polar surface area (TPSA) is 41.6 Å². The second-order valence-electron chi connectivity index (χ2n) is 9.06. The van der Waals surface area contributed by atoms with Gasteiger partial charge in [-0.15, -0.1) is 0 Å². The van der Waals surface area contributed by atoms with Crippen LogP contribution in [0.5, 0.6) is 5.75 Å². The van der Waals surface area contributed by atoms with Gasteiger partial charge in [0, 0.05) is 32.1 Å². The van der Waals surface area contributed by atoms with E-state index < -0.39 is 6.17 Å². The first-order chi connectivity index (χ1) is 14.6. The molecular weight excluding hydrogens is 379 g/mol. The van der Waals surface area contributed by atoms with Gasteiger partial charge in [-0.25, -0.2) is 4.39 Å². The minimum Gasteiger partial charge on any atom is -0.493 e. The van der Waals surface area contributed by atoms with Crippen molar-refractivity contribution in [1.82, 2.24) is 10.2 Å². The van der Waals surface area contributed by atoms with E-state index in [1.807, 2.05) is 18.2 Å². The summed E-state index contributed by atoms with van der Waals surface area (Å²) in [5, 5.41) is 2.99. The average Bonchev–Trinajstić information content (AvgIpc) is 3.65. The van der Waals surface area contributed by atoms with E-state index in [2.05, 4.69) is 34.5 Å². The summed E-state index contributed by atoms with van der Waals surface area (Å²) in [4.78, 5) is 13.9. The molecule has 2 aromatic rings. The van der Waals surface area contributed by atoms with Crippen molar-refractivity contribution in [1.29, 1.82) is 0 Å². The number of halogens is 1. The Hall–Kier alpha value is -2.40. The zero-order valence-electron chi connectivity index (χ0n) is 17.3. The smallest absolute Gasteiger partial charge is 0.223 e. The molecule has 2 aromatic carbocycles. The van der Waals surface area contributed by atoms with Crippen LogP contribution in [0.1, 0.15) is 54.1 Å². The fraction of sp³-hybridized carbons (Fsp3) is 0.480. The van der Waals surface area contributed by atoms with Crippen molar-refractivity contribution in [2.24, 2.45) is 11.8 Å². The molecule has 1 aliphatic heterocycles. The lowest BCUT2D eigenvalue weighted by Gasteiger charge is -2.31. The molecule has 2 aliphatic carbocycles. The molecule has 5 heteroatoms. The molecule has 0 saturated heterocycles. The maximum Gasteiger partial charge on any atom is 0.223 e. The fourth-order valence-corrected chi connectivity index (χ4v) is 4.05. The van der Waals surface area contributed by atoms with Crippen LogP contribution in [0.3, 0.4) is 0 Å². The van der Waals surface area contributed by atoms with Crippen molar-refractivity contribution in [2.45, 2.75) is 51.5 Å². The van der Waals surface area contributed by atoms with Gasteiger partial charge in [-0.05, 0) is 66.0 Å². The molecule has 0 radical (unpaired) electrons. The number of rotatable bonds is 8. The summed E-state index contributed by atoms with van der Waals surface area (Å²) in [6.07, 6.45) is 3.56. The van der Waals surface area contributed by atoms with Gasteiger partial charge in [0.25, 0.3) is 0 Å². The van der Waals surface area contributed by atoms with E-state index >= 15 is 0 Å². The van der Waals surface area contributed by atoms with Crippen LogP contribution in [0.25, 0.3) is 0 Å². The molecule has 2 saturated carbocycles. The van der Waals surface area contributed by atoms with Crippen molar-refractivity contribution in [3.63, 3.8) is 0 Å². The minimum absolute atomic E-state index is 0.168. The molecule has 3 aliphatic rings. The molecule has 0 aromatic heterocycles. The highest BCUT2D eigenvalue weighted by molar-refractivity contribution is 5.80. The summed E-state index contributed by atoms with van der Waals surface area (Å²) in [6.45, 7) is 3.19. The lowest BCUT2D eigenvalue weighted by atomic mass is 9.97. The van der Waals surface area contributed by atoms with Crippen molar-refractivity contribution in [3.8, 4) is 5.75 Å². The van der Waals surface area contributed by atoms with Gasteiger partial charge in [0.2, 0.25) is 5.91 Å². The van der Waals surface area contributed by atoms with Gasteiger partial charge in [-0.1, -0.05) is 30.3 Å². The first kappa shape index (κ1) is 19.6. The number of hydrogen-bond donors (Lipinski definition) is 1. The number of carbonyl (C=O) groups is 1. The number of nitrogens with zero attached hydrogens (tertiary/aromatic N) is 1. The predicted octanol–water partition coefficient (Wildman–Crippen LogP) is 4.53. The molecule has 2 fully saturated rings. The van der Waals surface area contributed by atoms with E-state index in [4.69, 9.17) is 4.74 Å². The summed E-state index contributed by atoms with van der Waals surface area (Å²) in [7, 11) is 0. The van der Waals surface area contributed by atoms with Gasteiger partial charge in [0.05, 0.1) is 6.61 Å². The predicted molar refractivity (Wildman–Crippen MR) is 114 cm³/mol. The van der Waals surface area contributed by atoms with Gasteiger partial charge >= 0.3 is 0 Å². The molecule has 1 unspecified atom stereocenters. The summed E-state index contributed by atoms with van der Waals surface area (Å²) in [5.41, 5.74) is 4.08. The Balaban J connectivity index is 1.16. The number of amides is 1. The highest BCUT2D eigenvalue weighted by atomic mass is 19.1. The van der Waals surface area contributed by atoms with Crippen LogP contribution in [0.15, 0.2) is 42.5 Å². The van der Waals surface area contributed by atoms with Crippen molar-refractivity contribution >= 4 is 5.91 Å². The Morgan fingerprint density at radius 2 is 1.83 bits per heavy atom. The normalized spacial score (nSPS) is 21.2. The highest BCUT2D eigenvalue weighted by Crippen LogP contribution is 2.34. The van der Waals surface area contributed by atoms with Crippen LogP contribution in [0, 0.1) is 11.8 Å². The van der Waals surface area contributed by atoms with Crippen LogP contribution in [0.2, 0.25) is 0 Å². The average molecular weight is 409 g/mol. The third-order valence-electron chi connectivity index (χ3n) is 6.29. The molecule has 30 heavy (non-hydrogen) atoms. The lowest BCUT2D eigenvalue weighted by molar-refractivity contribution is -0.122. The first-order valence-corrected chi connectivity index (χ1v) is 11.1. The van der Waals surface area contributed by atoms with E-state index in [0.717, 1.165) is 54.0 Å². The molecule has 0 spiro atoms. The molecule has 1 atom stereocenters. The quantitative estimate of drug-likeness (QED) is 0.698. The van der Waals surface area contributed by atoms with Crippen molar-refractivity contribution < 1.29 is 13.9 Å². The summed E-state index contributed by atoms with van der Waals surface area (Å²) >= 11 is 0. The minimum atomic E-state index is -0.991. The van der Waals surface area contributed by atoms with Crippen molar-refractivity contribution in [3.05, 3.63) is 64.7 Å². The second kappa shape index (κ2) is 8.38. The number of hydrogen-bond acceptors (Lipinski definition) is 3. The Kier molecular flexibility index (Phi) is 5.47. The third-order valence-corrected chi connectivity index (χ3v) is 6.29. The number of nitrogens with one attached hydrogen (secondary N) is 1. The lowest BCUT2D eigenvalue weighted by Crippen LogP contribution is -2.31. The number of alkyl halides is 1. The monoisotopic (exact) mass is 408 g/mol. The maximum absolute atomic E-state index is 14.9. The van der Waals surface area contributed by atoms with Crippen LogP contribution in [-0.2, 0) is 24.4 Å². The SMILES string of the molecule is O=C(NCc1ccc(CN2Cc3ccc(OCC4CC4)cc3C(F)C2)cc1)C1CC1. The Bertz CT molecular complexity index is 906. The standard InChI is InChI=1S/C25H29FN2O2/c26-24-15-28(14-21-9-10-22(11-23(21)24)30-16-19-5-6-19)13-18-3-1-17(2-4-18)12-27-25(29)20-7-8-20/h1-4,9-11,19-20,24H,5-8,12-16H2,(H,27,29). The highest BCUT2D eigenvalue weighted by Gasteiger charge is 2.29. The van der Waals surface area contributed by atoms with E-state index in [-0.39, 0.29) is 11.8 Å².